The first-order chi connectivity index (χ1) is 6.60. The summed E-state index contributed by atoms with van der Waals surface area (Å²) >= 11 is 0. The highest BCUT2D eigenvalue weighted by molar-refractivity contribution is 5.99. The normalized spacial score (nSPS) is 11.5. The summed E-state index contributed by atoms with van der Waals surface area (Å²) in [5.74, 6) is -0.732. The SMILES string of the molecule is COc1c(F)cc(C)cc1/C(N)=N\O. The van der Waals surface area contributed by atoms with E-state index in [0.29, 0.717) is 5.56 Å². The van der Waals surface area contributed by atoms with Gasteiger partial charge in [0.15, 0.2) is 17.4 Å². The van der Waals surface area contributed by atoms with Crippen molar-refractivity contribution < 1.29 is 14.3 Å². The number of rotatable bonds is 2. The van der Waals surface area contributed by atoms with Crippen LogP contribution in [0.1, 0.15) is 11.1 Å². The molecule has 1 aromatic rings. The molecular formula is C9H11FN2O2. The van der Waals surface area contributed by atoms with Crippen LogP contribution in [0.2, 0.25) is 0 Å². The Morgan fingerprint density at radius 2 is 2.21 bits per heavy atom. The van der Waals surface area contributed by atoms with E-state index in [1.165, 1.54) is 13.2 Å². The predicted molar refractivity (Wildman–Crippen MR) is 50.2 cm³/mol. The lowest BCUT2D eigenvalue weighted by molar-refractivity contribution is 0.318. The molecule has 0 saturated carbocycles. The van der Waals surface area contributed by atoms with E-state index in [4.69, 9.17) is 15.7 Å². The number of benzene rings is 1. The van der Waals surface area contributed by atoms with Crippen molar-refractivity contribution in [2.75, 3.05) is 7.11 Å². The molecule has 3 N–H and O–H groups in total. The van der Waals surface area contributed by atoms with Crippen LogP contribution in [0.5, 0.6) is 5.75 Å². The third-order valence-corrected chi connectivity index (χ3v) is 1.78. The molecule has 0 unspecified atom stereocenters. The van der Waals surface area contributed by atoms with Crippen molar-refractivity contribution in [3.8, 4) is 5.75 Å². The third kappa shape index (κ3) is 1.76. The van der Waals surface area contributed by atoms with E-state index in [-0.39, 0.29) is 17.1 Å². The number of halogens is 1. The second-order valence-electron chi connectivity index (χ2n) is 2.81. The second-order valence-corrected chi connectivity index (χ2v) is 2.81. The number of nitrogens with two attached hydrogens (primary N) is 1. The van der Waals surface area contributed by atoms with E-state index in [9.17, 15) is 4.39 Å². The second kappa shape index (κ2) is 3.95. The highest BCUT2D eigenvalue weighted by Gasteiger charge is 2.13. The maximum Gasteiger partial charge on any atom is 0.173 e. The number of nitrogens with zero attached hydrogens (tertiary/aromatic N) is 1. The molecule has 0 aliphatic heterocycles. The average molecular weight is 198 g/mol. The van der Waals surface area contributed by atoms with Gasteiger partial charge in [-0.15, -0.1) is 0 Å². The fourth-order valence-corrected chi connectivity index (χ4v) is 1.18. The number of oxime groups is 1. The molecular weight excluding hydrogens is 187 g/mol. The first-order valence-electron chi connectivity index (χ1n) is 3.92. The van der Waals surface area contributed by atoms with E-state index < -0.39 is 5.82 Å². The molecule has 1 aromatic carbocycles. The predicted octanol–water partition coefficient (Wildman–Crippen LogP) is 1.24. The van der Waals surface area contributed by atoms with E-state index in [1.807, 2.05) is 0 Å². The summed E-state index contributed by atoms with van der Waals surface area (Å²) in [6, 6.07) is 2.89. The van der Waals surface area contributed by atoms with Crippen LogP contribution in [-0.4, -0.2) is 18.2 Å². The number of hydrogen-bond donors (Lipinski definition) is 2. The smallest absolute Gasteiger partial charge is 0.173 e. The van der Waals surface area contributed by atoms with Gasteiger partial charge in [-0.25, -0.2) is 4.39 Å². The molecule has 76 valence electrons. The Kier molecular flexibility index (Phi) is 2.91. The highest BCUT2D eigenvalue weighted by atomic mass is 19.1. The van der Waals surface area contributed by atoms with Crippen LogP contribution in [-0.2, 0) is 0 Å². The Bertz CT molecular complexity index is 377. The zero-order valence-corrected chi connectivity index (χ0v) is 7.91. The third-order valence-electron chi connectivity index (χ3n) is 1.78. The zero-order valence-electron chi connectivity index (χ0n) is 7.91. The summed E-state index contributed by atoms with van der Waals surface area (Å²) in [6.45, 7) is 1.71. The lowest BCUT2D eigenvalue weighted by Crippen LogP contribution is -2.15. The van der Waals surface area contributed by atoms with E-state index in [2.05, 4.69) is 5.16 Å². The molecule has 5 heteroatoms. The summed E-state index contributed by atoms with van der Waals surface area (Å²) < 4.78 is 18.1. The first-order valence-corrected chi connectivity index (χ1v) is 3.92. The van der Waals surface area contributed by atoms with Gasteiger partial charge in [0.25, 0.3) is 0 Å². The lowest BCUT2D eigenvalue weighted by Gasteiger charge is -2.08. The minimum Gasteiger partial charge on any atom is -0.493 e. The van der Waals surface area contributed by atoms with Gasteiger partial charge in [0.1, 0.15) is 0 Å². The zero-order chi connectivity index (χ0) is 10.7. The van der Waals surface area contributed by atoms with Gasteiger partial charge in [0.05, 0.1) is 12.7 Å². The Balaban J connectivity index is 3.39. The molecule has 0 atom stereocenters. The Morgan fingerprint density at radius 3 is 2.71 bits per heavy atom. The molecule has 0 amide bonds. The molecule has 14 heavy (non-hydrogen) atoms. The van der Waals surface area contributed by atoms with E-state index >= 15 is 0 Å². The maximum absolute atomic E-state index is 13.3. The summed E-state index contributed by atoms with van der Waals surface area (Å²) in [5, 5.41) is 11.3. The van der Waals surface area contributed by atoms with Crippen LogP contribution in [0.3, 0.4) is 0 Å². The Morgan fingerprint density at radius 1 is 1.57 bits per heavy atom. The molecule has 0 spiro atoms. The van der Waals surface area contributed by atoms with Gasteiger partial charge in [-0.3, -0.25) is 0 Å². The van der Waals surface area contributed by atoms with Gasteiger partial charge in [-0.05, 0) is 24.6 Å². The fraction of sp³-hybridized carbons (Fsp3) is 0.222. The summed E-state index contributed by atoms with van der Waals surface area (Å²) in [6.07, 6.45) is 0. The molecule has 0 radical (unpaired) electrons. The van der Waals surface area contributed by atoms with Gasteiger partial charge < -0.3 is 15.7 Å². The fourth-order valence-electron chi connectivity index (χ4n) is 1.18. The van der Waals surface area contributed by atoms with E-state index in [1.54, 1.807) is 13.0 Å². The van der Waals surface area contributed by atoms with Crippen LogP contribution >= 0.6 is 0 Å². The average Bonchev–Trinajstić information content (AvgIpc) is 2.15. The summed E-state index contributed by atoms with van der Waals surface area (Å²) in [5.41, 5.74) is 6.28. The molecule has 4 nitrogen and oxygen atoms in total. The number of amidine groups is 1. The Labute approximate surface area is 80.8 Å². The first kappa shape index (κ1) is 10.3. The molecule has 0 heterocycles. The standard InChI is InChI=1S/C9H11FN2O2/c1-5-3-6(9(11)12-13)8(14-2)7(10)4-5/h3-4,13H,1-2H3,(H2,11,12). The minimum absolute atomic E-state index is 0.0223. The number of ether oxygens (including phenoxy) is 1. The monoisotopic (exact) mass is 198 g/mol. The van der Waals surface area contributed by atoms with Crippen molar-refractivity contribution in [1.82, 2.24) is 0 Å². The summed E-state index contributed by atoms with van der Waals surface area (Å²) in [4.78, 5) is 0. The molecule has 1 rings (SSSR count). The van der Waals surface area contributed by atoms with Crippen molar-refractivity contribution in [3.05, 3.63) is 29.1 Å². The van der Waals surface area contributed by atoms with Crippen LogP contribution in [0, 0.1) is 12.7 Å². The summed E-state index contributed by atoms with van der Waals surface area (Å²) in [7, 11) is 1.32. The molecule has 0 fully saturated rings. The number of hydrogen-bond acceptors (Lipinski definition) is 3. The van der Waals surface area contributed by atoms with Gasteiger partial charge in [0, 0.05) is 0 Å². The molecule has 0 aliphatic rings. The quantitative estimate of drug-likeness (QED) is 0.325. The maximum atomic E-state index is 13.3. The molecule has 0 aliphatic carbocycles. The molecule has 0 saturated heterocycles. The van der Waals surface area contributed by atoms with Gasteiger partial charge >= 0.3 is 0 Å². The van der Waals surface area contributed by atoms with Crippen molar-refractivity contribution in [3.63, 3.8) is 0 Å². The molecule has 0 bridgehead atoms. The van der Waals surface area contributed by atoms with Crippen LogP contribution < -0.4 is 10.5 Å². The van der Waals surface area contributed by atoms with Crippen molar-refractivity contribution in [1.29, 1.82) is 0 Å². The van der Waals surface area contributed by atoms with Crippen molar-refractivity contribution in [2.45, 2.75) is 6.92 Å². The van der Waals surface area contributed by atoms with Gasteiger partial charge in [-0.1, -0.05) is 5.16 Å². The lowest BCUT2D eigenvalue weighted by atomic mass is 10.1. The van der Waals surface area contributed by atoms with Crippen molar-refractivity contribution in [2.24, 2.45) is 10.9 Å². The molecule has 0 aromatic heterocycles. The number of aryl methyl sites for hydroxylation is 1. The minimum atomic E-state index is -0.533. The largest absolute Gasteiger partial charge is 0.493 e. The van der Waals surface area contributed by atoms with Gasteiger partial charge in [0.2, 0.25) is 0 Å². The van der Waals surface area contributed by atoms with Gasteiger partial charge in [-0.2, -0.15) is 0 Å². The van der Waals surface area contributed by atoms with Crippen molar-refractivity contribution >= 4 is 5.84 Å². The van der Waals surface area contributed by atoms with E-state index in [0.717, 1.165) is 0 Å². The van der Waals surface area contributed by atoms with Crippen LogP contribution in [0.25, 0.3) is 0 Å². The highest BCUT2D eigenvalue weighted by Crippen LogP contribution is 2.23. The topological polar surface area (TPSA) is 67.8 Å². The Hall–Kier alpha value is -1.78. The van der Waals surface area contributed by atoms with Crippen LogP contribution in [0.15, 0.2) is 17.3 Å². The van der Waals surface area contributed by atoms with Crippen LogP contribution in [0.4, 0.5) is 4.39 Å². The number of methoxy groups -OCH3 is 1.